The van der Waals surface area contributed by atoms with Gasteiger partial charge in [-0.2, -0.15) is 0 Å². The lowest BCUT2D eigenvalue weighted by Gasteiger charge is -2.06. The number of rotatable bonds is 6. The van der Waals surface area contributed by atoms with Crippen molar-refractivity contribution in [3.8, 4) is 0 Å². The summed E-state index contributed by atoms with van der Waals surface area (Å²) in [4.78, 5) is 33.0. The van der Waals surface area contributed by atoms with Crippen LogP contribution >= 0.6 is 0 Å². The number of benzene rings is 1. The zero-order valence-electron chi connectivity index (χ0n) is 10.8. The summed E-state index contributed by atoms with van der Waals surface area (Å²) in [5, 5.41) is 15.8. The Morgan fingerprint density at radius 3 is 2.40 bits per heavy atom. The summed E-state index contributed by atoms with van der Waals surface area (Å²) in [5.74, 6) is -0.477. The van der Waals surface area contributed by atoms with E-state index in [1.165, 1.54) is 24.3 Å². The highest BCUT2D eigenvalue weighted by Gasteiger charge is 2.23. The molecule has 1 aromatic carbocycles. The van der Waals surface area contributed by atoms with E-state index in [0.29, 0.717) is 5.56 Å². The summed E-state index contributed by atoms with van der Waals surface area (Å²) >= 11 is 0. The number of hydrogen-bond acceptors (Lipinski definition) is 4. The molecule has 2 rings (SSSR count). The van der Waals surface area contributed by atoms with Gasteiger partial charge in [-0.15, -0.1) is 0 Å². The van der Waals surface area contributed by atoms with Crippen molar-refractivity contribution in [3.05, 3.63) is 39.9 Å². The molecule has 106 valence electrons. The van der Waals surface area contributed by atoms with Gasteiger partial charge in [0.05, 0.1) is 17.9 Å². The van der Waals surface area contributed by atoms with Crippen LogP contribution in [0.1, 0.15) is 18.4 Å². The fourth-order valence-corrected chi connectivity index (χ4v) is 1.67. The molecule has 7 nitrogen and oxygen atoms in total. The van der Waals surface area contributed by atoms with Crippen LogP contribution in [0.4, 0.5) is 5.69 Å². The van der Waals surface area contributed by atoms with Gasteiger partial charge in [0.1, 0.15) is 0 Å². The monoisotopic (exact) mass is 277 g/mol. The quantitative estimate of drug-likeness (QED) is 0.585. The molecule has 20 heavy (non-hydrogen) atoms. The highest BCUT2D eigenvalue weighted by molar-refractivity contribution is 5.85. The lowest BCUT2D eigenvalue weighted by atomic mass is 10.1. The molecule has 0 aliphatic heterocycles. The summed E-state index contributed by atoms with van der Waals surface area (Å²) in [6.45, 7) is -0.0394. The highest BCUT2D eigenvalue weighted by atomic mass is 16.6. The maximum Gasteiger partial charge on any atom is 0.269 e. The minimum absolute atomic E-state index is 0.0158. The lowest BCUT2D eigenvalue weighted by Crippen LogP contribution is -2.38. The number of carbonyl (C=O) groups is 2. The van der Waals surface area contributed by atoms with Crippen molar-refractivity contribution in [1.82, 2.24) is 10.6 Å². The van der Waals surface area contributed by atoms with Gasteiger partial charge < -0.3 is 10.6 Å². The molecule has 0 radical (unpaired) electrons. The average Bonchev–Trinajstić information content (AvgIpc) is 3.21. The Morgan fingerprint density at radius 1 is 1.20 bits per heavy atom. The maximum absolute atomic E-state index is 11.6. The molecule has 1 aromatic rings. The molecule has 1 aliphatic rings. The first-order valence-electron chi connectivity index (χ1n) is 6.34. The predicted octanol–water partition coefficient (Wildman–Crippen LogP) is 0.532. The van der Waals surface area contributed by atoms with Crippen LogP contribution in [0, 0.1) is 10.1 Å². The molecule has 2 N–H and O–H groups in total. The number of hydrogen-bond donors (Lipinski definition) is 2. The summed E-state index contributed by atoms with van der Waals surface area (Å²) in [7, 11) is 0. The van der Waals surface area contributed by atoms with Gasteiger partial charge in [-0.3, -0.25) is 19.7 Å². The number of nitro groups is 1. The molecule has 0 spiro atoms. The van der Waals surface area contributed by atoms with Crippen LogP contribution in [-0.2, 0) is 16.0 Å². The van der Waals surface area contributed by atoms with Crippen molar-refractivity contribution in [1.29, 1.82) is 0 Å². The van der Waals surface area contributed by atoms with Crippen molar-refractivity contribution in [2.45, 2.75) is 25.3 Å². The Hall–Kier alpha value is -2.44. The summed E-state index contributed by atoms with van der Waals surface area (Å²) < 4.78 is 0. The van der Waals surface area contributed by atoms with Crippen molar-refractivity contribution in [3.63, 3.8) is 0 Å². The largest absolute Gasteiger partial charge is 0.352 e. The molecule has 0 bridgehead atoms. The van der Waals surface area contributed by atoms with Crippen molar-refractivity contribution >= 4 is 17.5 Å². The minimum atomic E-state index is -0.494. The van der Waals surface area contributed by atoms with Gasteiger partial charge in [0.2, 0.25) is 11.8 Å². The van der Waals surface area contributed by atoms with Gasteiger partial charge in [0.15, 0.2) is 0 Å². The molecule has 2 amide bonds. The molecule has 1 saturated carbocycles. The van der Waals surface area contributed by atoms with Gasteiger partial charge in [0, 0.05) is 18.2 Å². The smallest absolute Gasteiger partial charge is 0.269 e. The second-order valence-corrected chi connectivity index (χ2v) is 4.72. The SMILES string of the molecule is O=C(Cc1ccc([N+](=O)[O-])cc1)NCC(=O)NC1CC1. The number of non-ortho nitro benzene ring substituents is 1. The Morgan fingerprint density at radius 2 is 1.85 bits per heavy atom. The number of amides is 2. The Labute approximate surface area is 115 Å². The van der Waals surface area contributed by atoms with Crippen molar-refractivity contribution in [2.75, 3.05) is 6.54 Å². The fraction of sp³-hybridized carbons (Fsp3) is 0.385. The molecular weight excluding hydrogens is 262 g/mol. The first-order valence-corrected chi connectivity index (χ1v) is 6.34. The third-order valence-electron chi connectivity index (χ3n) is 2.90. The topological polar surface area (TPSA) is 101 Å². The van der Waals surface area contributed by atoms with E-state index in [4.69, 9.17) is 0 Å². The Balaban J connectivity index is 1.75. The first-order chi connectivity index (χ1) is 9.54. The highest BCUT2D eigenvalue weighted by Crippen LogP contribution is 2.18. The normalized spacial score (nSPS) is 13.6. The van der Waals surface area contributed by atoms with Crippen LogP contribution in [0.15, 0.2) is 24.3 Å². The van der Waals surface area contributed by atoms with Gasteiger partial charge in [0.25, 0.3) is 5.69 Å². The van der Waals surface area contributed by atoms with Crippen molar-refractivity contribution in [2.24, 2.45) is 0 Å². The van der Waals surface area contributed by atoms with Crippen molar-refractivity contribution < 1.29 is 14.5 Å². The summed E-state index contributed by atoms with van der Waals surface area (Å²) in [6, 6.07) is 6.03. The first kappa shape index (κ1) is 14.0. The number of nitro benzene ring substituents is 1. The van der Waals surface area contributed by atoms with E-state index >= 15 is 0 Å². The van der Waals surface area contributed by atoms with E-state index in [2.05, 4.69) is 10.6 Å². The van der Waals surface area contributed by atoms with Crippen LogP contribution in [0.5, 0.6) is 0 Å². The number of nitrogens with zero attached hydrogens (tertiary/aromatic N) is 1. The third-order valence-corrected chi connectivity index (χ3v) is 2.90. The minimum Gasteiger partial charge on any atom is -0.352 e. The van der Waals surface area contributed by atoms with Crippen LogP contribution in [0.3, 0.4) is 0 Å². The standard InChI is InChI=1S/C13H15N3O4/c17-12(14-8-13(18)15-10-3-4-10)7-9-1-5-11(6-2-9)16(19)20/h1-2,5-6,10H,3-4,7-8H2,(H,14,17)(H,15,18). The molecule has 0 atom stereocenters. The van der Waals surface area contributed by atoms with E-state index in [1.807, 2.05) is 0 Å². The molecular formula is C13H15N3O4. The fourth-order valence-electron chi connectivity index (χ4n) is 1.67. The molecule has 1 aliphatic carbocycles. The van der Waals surface area contributed by atoms with Crippen LogP contribution < -0.4 is 10.6 Å². The van der Waals surface area contributed by atoms with E-state index < -0.39 is 4.92 Å². The van der Waals surface area contributed by atoms with E-state index in [0.717, 1.165) is 12.8 Å². The van der Waals surface area contributed by atoms with E-state index in [1.54, 1.807) is 0 Å². The second-order valence-electron chi connectivity index (χ2n) is 4.72. The molecule has 0 heterocycles. The molecule has 0 aromatic heterocycles. The maximum atomic E-state index is 11.6. The molecule has 7 heteroatoms. The van der Waals surface area contributed by atoms with Gasteiger partial charge in [-0.25, -0.2) is 0 Å². The third kappa shape index (κ3) is 4.34. The Kier molecular flexibility index (Phi) is 4.29. The van der Waals surface area contributed by atoms with Gasteiger partial charge in [-0.05, 0) is 18.4 Å². The number of nitrogens with one attached hydrogen (secondary N) is 2. The second kappa shape index (κ2) is 6.14. The molecule has 0 saturated heterocycles. The van der Waals surface area contributed by atoms with E-state index in [9.17, 15) is 19.7 Å². The zero-order chi connectivity index (χ0) is 14.5. The van der Waals surface area contributed by atoms with Crippen LogP contribution in [0.25, 0.3) is 0 Å². The Bertz CT molecular complexity index is 523. The summed E-state index contributed by atoms with van der Waals surface area (Å²) in [5.41, 5.74) is 0.647. The average molecular weight is 277 g/mol. The van der Waals surface area contributed by atoms with Crippen LogP contribution in [-0.4, -0.2) is 29.3 Å². The van der Waals surface area contributed by atoms with Gasteiger partial charge >= 0.3 is 0 Å². The van der Waals surface area contributed by atoms with Gasteiger partial charge in [-0.1, -0.05) is 12.1 Å². The molecule has 0 unspecified atom stereocenters. The van der Waals surface area contributed by atoms with E-state index in [-0.39, 0.29) is 36.5 Å². The molecule has 1 fully saturated rings. The van der Waals surface area contributed by atoms with Crippen LogP contribution in [0.2, 0.25) is 0 Å². The predicted molar refractivity (Wildman–Crippen MR) is 71.0 cm³/mol. The lowest BCUT2D eigenvalue weighted by molar-refractivity contribution is -0.384. The number of carbonyl (C=O) groups excluding carboxylic acids is 2. The summed E-state index contributed by atoms with van der Waals surface area (Å²) in [6.07, 6.45) is 2.10. The zero-order valence-corrected chi connectivity index (χ0v) is 10.8.